The van der Waals surface area contributed by atoms with E-state index in [2.05, 4.69) is 0 Å². The maximum atomic E-state index is 11.3. The lowest BCUT2D eigenvalue weighted by atomic mass is 10.2. The smallest absolute Gasteiger partial charge is 0.342 e. The normalized spacial score (nSPS) is 10.8. The van der Waals surface area contributed by atoms with Crippen LogP contribution in [0.5, 0.6) is 0 Å². The van der Waals surface area contributed by atoms with Crippen LogP contribution < -0.4 is 0 Å². The highest BCUT2D eigenvalue weighted by Crippen LogP contribution is 2.01. The maximum absolute atomic E-state index is 11.3. The fraction of sp³-hybridized carbons (Fsp3) is 0.0909. The molecule has 0 atom stereocenters. The van der Waals surface area contributed by atoms with Crippen molar-refractivity contribution in [1.29, 1.82) is 0 Å². The van der Waals surface area contributed by atoms with Crippen molar-refractivity contribution in [3.8, 4) is 0 Å². The molecule has 0 radical (unpaired) electrons. The molecule has 0 aliphatic rings. The quantitative estimate of drug-likeness (QED) is 0.316. The molecule has 3 nitrogen and oxygen atoms in total. The number of esters is 1. The molecular formula is C11H10O3. The summed E-state index contributed by atoms with van der Waals surface area (Å²) in [6.07, 6.45) is 1.76. The van der Waals surface area contributed by atoms with E-state index in [4.69, 9.17) is 4.74 Å². The van der Waals surface area contributed by atoms with Gasteiger partial charge in [-0.25, -0.2) is 4.79 Å². The lowest BCUT2D eigenvalue weighted by Gasteiger charge is -1.98. The summed E-state index contributed by atoms with van der Waals surface area (Å²) in [5, 5.41) is 0. The van der Waals surface area contributed by atoms with E-state index in [9.17, 15) is 9.59 Å². The second-order valence-electron chi connectivity index (χ2n) is 2.75. The highest BCUT2D eigenvalue weighted by molar-refractivity contribution is 5.90. The summed E-state index contributed by atoms with van der Waals surface area (Å²) in [6.45, 7) is 1.56. The van der Waals surface area contributed by atoms with Gasteiger partial charge in [-0.2, -0.15) is 0 Å². The number of hydrogen-bond donors (Lipinski definition) is 0. The minimum atomic E-state index is -0.466. The van der Waals surface area contributed by atoms with Crippen LogP contribution in [0.3, 0.4) is 0 Å². The Kier molecular flexibility index (Phi) is 3.61. The molecule has 1 aromatic carbocycles. The van der Waals surface area contributed by atoms with Gasteiger partial charge in [0, 0.05) is 5.57 Å². The van der Waals surface area contributed by atoms with Crippen molar-refractivity contribution in [2.24, 2.45) is 0 Å². The Morgan fingerprint density at radius 3 is 2.50 bits per heavy atom. The first kappa shape index (κ1) is 10.2. The first-order chi connectivity index (χ1) is 6.74. The lowest BCUT2D eigenvalue weighted by Crippen LogP contribution is -2.00. The minimum absolute atomic E-state index is 0.370. The summed E-state index contributed by atoms with van der Waals surface area (Å²) in [5.74, 6) is -0.466. The number of ether oxygens (including phenoxy) is 1. The van der Waals surface area contributed by atoms with Gasteiger partial charge in [0.2, 0.25) is 0 Å². The molecular weight excluding hydrogens is 180 g/mol. The largest absolute Gasteiger partial charge is 0.430 e. The zero-order chi connectivity index (χ0) is 10.4. The molecule has 0 amide bonds. The third-order valence-electron chi connectivity index (χ3n) is 1.55. The molecule has 1 aromatic rings. The monoisotopic (exact) mass is 190 g/mol. The van der Waals surface area contributed by atoms with E-state index in [-0.39, 0.29) is 0 Å². The second-order valence-corrected chi connectivity index (χ2v) is 2.75. The maximum Gasteiger partial charge on any atom is 0.342 e. The molecule has 0 aliphatic heterocycles. The zero-order valence-electron chi connectivity index (χ0n) is 7.77. The Labute approximate surface area is 82.0 Å². The van der Waals surface area contributed by atoms with Crippen molar-refractivity contribution in [2.75, 3.05) is 0 Å². The van der Waals surface area contributed by atoms with Crippen molar-refractivity contribution in [3.63, 3.8) is 0 Å². The minimum Gasteiger partial charge on any atom is -0.430 e. The van der Waals surface area contributed by atoms with Gasteiger partial charge in [-0.3, -0.25) is 4.79 Å². The van der Waals surface area contributed by atoms with Crippen molar-refractivity contribution < 1.29 is 14.3 Å². The van der Waals surface area contributed by atoms with Crippen LogP contribution in [0.1, 0.15) is 17.3 Å². The highest BCUT2D eigenvalue weighted by Gasteiger charge is 2.03. The lowest BCUT2D eigenvalue weighted by molar-refractivity contribution is -0.104. The standard InChI is InChI=1S/C11H10O3/c1-9(7-12)8-14-11(13)10-5-3-2-4-6-10/h2-8H,1H3/b9-8+. The zero-order valence-corrected chi connectivity index (χ0v) is 7.77. The number of aldehydes is 1. The molecule has 3 heteroatoms. The Bertz CT molecular complexity index is 352. The number of hydrogen-bond acceptors (Lipinski definition) is 3. The van der Waals surface area contributed by atoms with Crippen LogP contribution in [0.15, 0.2) is 42.2 Å². The summed E-state index contributed by atoms with van der Waals surface area (Å²) in [6, 6.07) is 8.59. The van der Waals surface area contributed by atoms with Gasteiger partial charge >= 0.3 is 5.97 Å². The van der Waals surface area contributed by atoms with E-state index in [0.717, 1.165) is 6.26 Å². The van der Waals surface area contributed by atoms with E-state index in [1.165, 1.54) is 0 Å². The molecule has 0 spiro atoms. The van der Waals surface area contributed by atoms with Gasteiger partial charge in [0.15, 0.2) is 0 Å². The third-order valence-corrected chi connectivity index (χ3v) is 1.55. The van der Waals surface area contributed by atoms with E-state index in [0.29, 0.717) is 17.4 Å². The van der Waals surface area contributed by atoms with Crippen LogP contribution in [0.4, 0.5) is 0 Å². The Morgan fingerprint density at radius 2 is 1.93 bits per heavy atom. The molecule has 0 aromatic heterocycles. The molecule has 72 valence electrons. The van der Waals surface area contributed by atoms with Crippen LogP contribution in [0, 0.1) is 0 Å². The summed E-state index contributed by atoms with van der Waals surface area (Å²) in [5.41, 5.74) is 0.830. The van der Waals surface area contributed by atoms with Gasteiger partial charge in [0.05, 0.1) is 5.56 Å². The summed E-state index contributed by atoms with van der Waals surface area (Å²) in [7, 11) is 0. The van der Waals surface area contributed by atoms with E-state index in [1.54, 1.807) is 31.2 Å². The van der Waals surface area contributed by atoms with Gasteiger partial charge in [-0.15, -0.1) is 0 Å². The van der Waals surface area contributed by atoms with E-state index >= 15 is 0 Å². The average Bonchev–Trinajstić information content (AvgIpc) is 2.26. The molecule has 0 saturated heterocycles. The van der Waals surface area contributed by atoms with Crippen molar-refractivity contribution in [3.05, 3.63) is 47.7 Å². The molecule has 0 saturated carbocycles. The number of carbonyl (C=O) groups is 2. The number of rotatable bonds is 3. The first-order valence-electron chi connectivity index (χ1n) is 4.12. The van der Waals surface area contributed by atoms with Crippen LogP contribution in [0.2, 0.25) is 0 Å². The van der Waals surface area contributed by atoms with Gasteiger partial charge in [-0.1, -0.05) is 18.2 Å². The number of benzene rings is 1. The molecule has 0 N–H and O–H groups in total. The predicted octanol–water partition coefficient (Wildman–Crippen LogP) is 1.95. The van der Waals surface area contributed by atoms with Gasteiger partial charge < -0.3 is 4.74 Å². The van der Waals surface area contributed by atoms with Gasteiger partial charge in [0.25, 0.3) is 0 Å². The third kappa shape index (κ3) is 2.86. The average molecular weight is 190 g/mol. The predicted molar refractivity (Wildman–Crippen MR) is 51.7 cm³/mol. The van der Waals surface area contributed by atoms with Gasteiger partial charge in [0.1, 0.15) is 12.5 Å². The summed E-state index contributed by atoms with van der Waals surface area (Å²) < 4.78 is 4.75. The molecule has 0 aliphatic carbocycles. The van der Waals surface area contributed by atoms with Crippen molar-refractivity contribution in [1.82, 2.24) is 0 Å². The van der Waals surface area contributed by atoms with Crippen LogP contribution in [-0.2, 0) is 9.53 Å². The Morgan fingerprint density at radius 1 is 1.29 bits per heavy atom. The Balaban J connectivity index is 2.65. The van der Waals surface area contributed by atoms with Gasteiger partial charge in [-0.05, 0) is 19.1 Å². The number of allylic oxidation sites excluding steroid dienone is 1. The SMILES string of the molecule is C/C(C=O)=C\OC(=O)c1ccccc1. The topological polar surface area (TPSA) is 43.4 Å². The summed E-state index contributed by atoms with van der Waals surface area (Å²) >= 11 is 0. The highest BCUT2D eigenvalue weighted by atomic mass is 16.5. The van der Waals surface area contributed by atoms with Crippen LogP contribution in [0.25, 0.3) is 0 Å². The molecule has 1 rings (SSSR count). The Hall–Kier alpha value is -1.90. The fourth-order valence-electron chi connectivity index (χ4n) is 0.817. The first-order valence-corrected chi connectivity index (χ1v) is 4.12. The van der Waals surface area contributed by atoms with E-state index < -0.39 is 5.97 Å². The van der Waals surface area contributed by atoms with Crippen LogP contribution >= 0.6 is 0 Å². The molecule has 14 heavy (non-hydrogen) atoms. The fourth-order valence-corrected chi connectivity index (χ4v) is 0.817. The molecule has 0 heterocycles. The van der Waals surface area contributed by atoms with Crippen molar-refractivity contribution >= 4 is 12.3 Å². The molecule has 0 fully saturated rings. The van der Waals surface area contributed by atoms with E-state index in [1.807, 2.05) is 6.07 Å². The van der Waals surface area contributed by atoms with Crippen LogP contribution in [-0.4, -0.2) is 12.3 Å². The summed E-state index contributed by atoms with van der Waals surface area (Å²) in [4.78, 5) is 21.5. The second kappa shape index (κ2) is 4.97. The van der Waals surface area contributed by atoms with Crippen molar-refractivity contribution in [2.45, 2.75) is 6.92 Å². The number of carbonyl (C=O) groups excluding carboxylic acids is 2. The molecule has 0 unspecified atom stereocenters. The molecule has 0 bridgehead atoms.